The van der Waals surface area contributed by atoms with E-state index in [0.717, 1.165) is 25.0 Å². The molecule has 1 aliphatic rings. The number of halogens is 1. The number of carbonyl (C=O) groups excluding carboxylic acids is 1. The molecule has 0 atom stereocenters. The summed E-state index contributed by atoms with van der Waals surface area (Å²) in [5, 5.41) is 13.3. The van der Waals surface area contributed by atoms with Gasteiger partial charge in [0.15, 0.2) is 0 Å². The van der Waals surface area contributed by atoms with Crippen molar-refractivity contribution in [1.82, 2.24) is 4.31 Å². The summed E-state index contributed by atoms with van der Waals surface area (Å²) >= 11 is 6.00. The van der Waals surface area contributed by atoms with Crippen molar-refractivity contribution in [3.8, 4) is 5.75 Å². The number of sulfonamides is 1. The third-order valence-corrected chi connectivity index (χ3v) is 6.74. The first-order valence-electron chi connectivity index (χ1n) is 8.67. The number of nitrogens with zero attached hydrogens (tertiary/aromatic N) is 2. The zero-order valence-electron chi connectivity index (χ0n) is 15.4. The van der Waals surface area contributed by atoms with Gasteiger partial charge < -0.3 is 10.1 Å². The van der Waals surface area contributed by atoms with Gasteiger partial charge in [0, 0.05) is 25.2 Å². The second-order valence-corrected chi connectivity index (χ2v) is 8.69. The molecule has 3 rings (SSSR count). The lowest BCUT2D eigenvalue weighted by atomic mass is 10.2. The molecule has 154 valence electrons. The lowest BCUT2D eigenvalue weighted by Crippen LogP contribution is -2.28. The third-order valence-electron chi connectivity index (χ3n) is 4.53. The number of nitrogens with one attached hydrogen (secondary N) is 1. The van der Waals surface area contributed by atoms with E-state index in [-0.39, 0.29) is 32.6 Å². The van der Waals surface area contributed by atoms with Crippen LogP contribution in [0, 0.1) is 10.1 Å². The maximum absolute atomic E-state index is 12.8. The van der Waals surface area contributed by atoms with Crippen LogP contribution in [0.4, 0.5) is 11.4 Å². The van der Waals surface area contributed by atoms with Crippen molar-refractivity contribution in [2.24, 2.45) is 0 Å². The molecular weight excluding hydrogens is 422 g/mol. The molecule has 2 aromatic carbocycles. The average Bonchev–Trinajstić information content (AvgIpc) is 3.23. The lowest BCUT2D eigenvalue weighted by molar-refractivity contribution is -0.384. The van der Waals surface area contributed by atoms with Gasteiger partial charge in [-0.15, -0.1) is 0 Å². The zero-order valence-corrected chi connectivity index (χ0v) is 17.0. The fourth-order valence-electron chi connectivity index (χ4n) is 3.01. The molecule has 1 aliphatic heterocycles. The van der Waals surface area contributed by atoms with Crippen LogP contribution < -0.4 is 10.1 Å². The maximum atomic E-state index is 12.8. The lowest BCUT2D eigenvalue weighted by Gasteiger charge is -2.17. The summed E-state index contributed by atoms with van der Waals surface area (Å²) in [6.45, 7) is 0.906. The monoisotopic (exact) mass is 439 g/mol. The van der Waals surface area contributed by atoms with Gasteiger partial charge in [0.05, 0.1) is 33.2 Å². The number of ether oxygens (including phenoxy) is 1. The molecule has 1 heterocycles. The molecule has 0 unspecified atom stereocenters. The van der Waals surface area contributed by atoms with Crippen molar-refractivity contribution < 1.29 is 22.9 Å². The van der Waals surface area contributed by atoms with Crippen LogP contribution in [0.1, 0.15) is 23.2 Å². The predicted molar refractivity (Wildman–Crippen MR) is 107 cm³/mol. The summed E-state index contributed by atoms with van der Waals surface area (Å²) < 4.78 is 32.2. The van der Waals surface area contributed by atoms with E-state index in [0.29, 0.717) is 13.1 Å². The smallest absolute Gasteiger partial charge is 0.270 e. The van der Waals surface area contributed by atoms with Crippen molar-refractivity contribution >= 4 is 38.9 Å². The highest BCUT2D eigenvalue weighted by Gasteiger charge is 2.28. The Kier molecular flexibility index (Phi) is 6.06. The molecule has 0 radical (unpaired) electrons. The first-order valence-corrected chi connectivity index (χ1v) is 10.5. The minimum Gasteiger partial charge on any atom is -0.495 e. The van der Waals surface area contributed by atoms with Gasteiger partial charge in [-0.2, -0.15) is 4.31 Å². The Bertz CT molecular complexity index is 1070. The molecule has 9 nitrogen and oxygen atoms in total. The number of hydrogen-bond donors (Lipinski definition) is 1. The Morgan fingerprint density at radius 1 is 1.21 bits per heavy atom. The Morgan fingerprint density at radius 2 is 1.90 bits per heavy atom. The highest BCUT2D eigenvalue weighted by Crippen LogP contribution is 2.31. The van der Waals surface area contributed by atoms with Gasteiger partial charge in [0.25, 0.3) is 11.6 Å². The van der Waals surface area contributed by atoms with E-state index < -0.39 is 20.9 Å². The van der Waals surface area contributed by atoms with E-state index in [1.165, 1.54) is 35.7 Å². The normalized spacial score (nSPS) is 14.6. The van der Waals surface area contributed by atoms with E-state index in [2.05, 4.69) is 5.32 Å². The van der Waals surface area contributed by atoms with Gasteiger partial charge in [-0.3, -0.25) is 14.9 Å². The number of anilines is 1. The highest BCUT2D eigenvalue weighted by molar-refractivity contribution is 7.89. The second kappa shape index (κ2) is 8.36. The van der Waals surface area contributed by atoms with Crippen LogP contribution in [-0.4, -0.2) is 43.8 Å². The molecule has 1 fully saturated rings. The summed E-state index contributed by atoms with van der Waals surface area (Å²) in [4.78, 5) is 22.8. The summed E-state index contributed by atoms with van der Waals surface area (Å²) in [5.41, 5.74) is -0.0952. The van der Waals surface area contributed by atoms with Crippen molar-refractivity contribution in [3.63, 3.8) is 0 Å². The molecular formula is C18H18ClN3O6S. The van der Waals surface area contributed by atoms with Gasteiger partial charge in [-0.05, 0) is 37.1 Å². The van der Waals surface area contributed by atoms with Crippen LogP contribution in [0.25, 0.3) is 0 Å². The Morgan fingerprint density at radius 3 is 2.48 bits per heavy atom. The predicted octanol–water partition coefficient (Wildman–Crippen LogP) is 3.29. The van der Waals surface area contributed by atoms with Gasteiger partial charge in [0.1, 0.15) is 5.75 Å². The zero-order chi connectivity index (χ0) is 21.2. The SMILES string of the molecule is COc1ccc(S(=O)(=O)N2CCCC2)cc1NC(=O)c1ccc([N+](=O)[O-])cc1Cl. The largest absolute Gasteiger partial charge is 0.495 e. The Labute approximate surface area is 172 Å². The van der Waals surface area contributed by atoms with Gasteiger partial charge >= 0.3 is 0 Å². The fourth-order valence-corrected chi connectivity index (χ4v) is 4.82. The number of rotatable bonds is 6. The summed E-state index contributed by atoms with van der Waals surface area (Å²) in [7, 11) is -2.30. The quantitative estimate of drug-likeness (QED) is 0.544. The van der Waals surface area contributed by atoms with Gasteiger partial charge in [0.2, 0.25) is 10.0 Å². The van der Waals surface area contributed by atoms with Crippen LogP contribution in [-0.2, 0) is 10.0 Å². The minimum absolute atomic E-state index is 0.00660. The number of nitro benzene ring substituents is 1. The highest BCUT2D eigenvalue weighted by atomic mass is 35.5. The molecule has 0 aliphatic carbocycles. The Hall–Kier alpha value is -2.69. The summed E-state index contributed by atoms with van der Waals surface area (Å²) in [6, 6.07) is 7.65. The molecule has 11 heteroatoms. The van der Waals surface area contributed by atoms with Gasteiger partial charge in [-0.25, -0.2) is 8.42 Å². The van der Waals surface area contributed by atoms with Crippen LogP contribution in [0.5, 0.6) is 5.75 Å². The third kappa shape index (κ3) is 4.34. The van der Waals surface area contributed by atoms with E-state index in [9.17, 15) is 23.3 Å². The van der Waals surface area contributed by atoms with Crippen molar-refractivity contribution in [2.75, 3.05) is 25.5 Å². The number of nitro groups is 1. The first-order chi connectivity index (χ1) is 13.7. The van der Waals surface area contributed by atoms with E-state index in [1.54, 1.807) is 0 Å². The molecule has 0 aromatic heterocycles. The number of carbonyl (C=O) groups is 1. The molecule has 1 N–H and O–H groups in total. The summed E-state index contributed by atoms with van der Waals surface area (Å²) in [6.07, 6.45) is 1.61. The number of methoxy groups -OCH3 is 1. The second-order valence-electron chi connectivity index (χ2n) is 6.35. The first kappa shape index (κ1) is 21.0. The number of benzene rings is 2. The molecule has 0 spiro atoms. The van der Waals surface area contributed by atoms with Crippen LogP contribution in [0.3, 0.4) is 0 Å². The number of amides is 1. The molecule has 29 heavy (non-hydrogen) atoms. The van der Waals surface area contributed by atoms with Crippen molar-refractivity contribution in [1.29, 1.82) is 0 Å². The number of non-ortho nitro benzene ring substituents is 1. The van der Waals surface area contributed by atoms with Crippen LogP contribution >= 0.6 is 11.6 Å². The van der Waals surface area contributed by atoms with Crippen molar-refractivity contribution in [3.05, 3.63) is 57.1 Å². The standard InChI is InChI=1S/C18H18ClN3O6S/c1-28-17-7-5-13(29(26,27)21-8-2-3-9-21)11-16(17)20-18(23)14-6-4-12(22(24)25)10-15(14)19/h4-7,10-11H,2-3,8-9H2,1H3,(H,20,23). The maximum Gasteiger partial charge on any atom is 0.270 e. The van der Waals surface area contributed by atoms with Crippen LogP contribution in [0.15, 0.2) is 41.3 Å². The molecule has 0 bridgehead atoms. The van der Waals surface area contributed by atoms with Crippen molar-refractivity contribution in [2.45, 2.75) is 17.7 Å². The molecule has 2 aromatic rings. The van der Waals surface area contributed by atoms with E-state index in [1.807, 2.05) is 0 Å². The average molecular weight is 440 g/mol. The Balaban J connectivity index is 1.92. The molecule has 1 amide bonds. The number of hydrogen-bond acceptors (Lipinski definition) is 6. The van der Waals surface area contributed by atoms with E-state index in [4.69, 9.17) is 16.3 Å². The minimum atomic E-state index is -3.68. The molecule has 1 saturated heterocycles. The fraction of sp³-hybridized carbons (Fsp3) is 0.278. The molecule has 0 saturated carbocycles. The van der Waals surface area contributed by atoms with Crippen LogP contribution in [0.2, 0.25) is 5.02 Å². The summed E-state index contributed by atoms with van der Waals surface area (Å²) in [5.74, 6) is -0.393. The topological polar surface area (TPSA) is 119 Å². The van der Waals surface area contributed by atoms with E-state index >= 15 is 0 Å². The van der Waals surface area contributed by atoms with Gasteiger partial charge in [-0.1, -0.05) is 11.6 Å².